The zero-order valence-corrected chi connectivity index (χ0v) is 12.4. The Morgan fingerprint density at radius 3 is 2.76 bits per heavy atom. The Hall–Kier alpha value is -2.56. The van der Waals surface area contributed by atoms with Crippen LogP contribution in [-0.4, -0.2) is 17.0 Å². The fourth-order valence-electron chi connectivity index (χ4n) is 1.93. The number of aryl methyl sites for hydroxylation is 1. The Morgan fingerprint density at radius 1 is 1.33 bits per heavy atom. The standard InChI is InChI=1S/C16H19N3O2/c1-10(2)21-16-14(5-4-8-18-16)19-15(20)13-7-6-12(17)9-11(13)3/h4-10H,17H2,1-3H3,(H,19,20). The number of nitrogen functional groups attached to an aromatic ring is 1. The first-order valence-corrected chi connectivity index (χ1v) is 6.76. The molecule has 1 amide bonds. The van der Waals surface area contributed by atoms with Gasteiger partial charge in [0.15, 0.2) is 0 Å². The molecule has 0 aliphatic heterocycles. The van der Waals surface area contributed by atoms with Gasteiger partial charge in [-0.1, -0.05) is 0 Å². The molecule has 0 bridgehead atoms. The molecular formula is C16H19N3O2. The molecule has 0 saturated heterocycles. The van der Waals surface area contributed by atoms with E-state index in [1.165, 1.54) is 0 Å². The van der Waals surface area contributed by atoms with Crippen molar-refractivity contribution >= 4 is 17.3 Å². The molecule has 2 rings (SSSR count). The van der Waals surface area contributed by atoms with Crippen LogP contribution in [0.5, 0.6) is 5.88 Å². The molecule has 3 N–H and O–H groups in total. The van der Waals surface area contributed by atoms with Crippen LogP contribution in [0.15, 0.2) is 36.5 Å². The third kappa shape index (κ3) is 3.72. The zero-order valence-electron chi connectivity index (χ0n) is 12.4. The molecule has 5 heteroatoms. The smallest absolute Gasteiger partial charge is 0.256 e. The van der Waals surface area contributed by atoms with Crippen molar-refractivity contribution in [3.8, 4) is 5.88 Å². The van der Waals surface area contributed by atoms with Crippen molar-refractivity contribution in [2.75, 3.05) is 11.1 Å². The highest BCUT2D eigenvalue weighted by Gasteiger charge is 2.13. The van der Waals surface area contributed by atoms with Gasteiger partial charge in [0.1, 0.15) is 5.69 Å². The Labute approximate surface area is 124 Å². The van der Waals surface area contributed by atoms with Crippen molar-refractivity contribution in [3.63, 3.8) is 0 Å². The van der Waals surface area contributed by atoms with Crippen LogP contribution >= 0.6 is 0 Å². The van der Waals surface area contributed by atoms with Gasteiger partial charge in [0, 0.05) is 17.4 Å². The summed E-state index contributed by atoms with van der Waals surface area (Å²) < 4.78 is 5.59. The summed E-state index contributed by atoms with van der Waals surface area (Å²) in [7, 11) is 0. The highest BCUT2D eigenvalue weighted by molar-refractivity contribution is 6.06. The molecule has 0 spiro atoms. The topological polar surface area (TPSA) is 77.2 Å². The SMILES string of the molecule is Cc1cc(N)ccc1C(=O)Nc1cccnc1OC(C)C. The minimum atomic E-state index is -0.214. The number of nitrogens with one attached hydrogen (secondary N) is 1. The minimum Gasteiger partial charge on any atom is -0.473 e. The molecule has 5 nitrogen and oxygen atoms in total. The van der Waals surface area contributed by atoms with Crippen LogP contribution in [-0.2, 0) is 0 Å². The number of hydrogen-bond acceptors (Lipinski definition) is 4. The number of aromatic nitrogens is 1. The molecule has 1 aromatic carbocycles. The number of pyridine rings is 1. The predicted octanol–water partition coefficient (Wildman–Crippen LogP) is 3.01. The van der Waals surface area contributed by atoms with E-state index in [4.69, 9.17) is 10.5 Å². The van der Waals surface area contributed by atoms with Crippen LogP contribution < -0.4 is 15.8 Å². The molecule has 1 aromatic heterocycles. The zero-order chi connectivity index (χ0) is 15.4. The first-order chi connectivity index (χ1) is 9.97. The molecule has 0 aliphatic rings. The number of nitrogens with two attached hydrogens (primary N) is 1. The molecule has 0 unspecified atom stereocenters. The fraction of sp³-hybridized carbons (Fsp3) is 0.250. The average Bonchev–Trinajstić information content (AvgIpc) is 2.40. The van der Waals surface area contributed by atoms with Crippen molar-refractivity contribution in [3.05, 3.63) is 47.7 Å². The van der Waals surface area contributed by atoms with Gasteiger partial charge in [0.25, 0.3) is 5.91 Å². The number of benzene rings is 1. The van der Waals surface area contributed by atoms with E-state index in [9.17, 15) is 4.79 Å². The highest BCUT2D eigenvalue weighted by atomic mass is 16.5. The van der Waals surface area contributed by atoms with Crippen molar-refractivity contribution < 1.29 is 9.53 Å². The number of carbonyl (C=O) groups excluding carboxylic acids is 1. The molecule has 0 aliphatic carbocycles. The third-order valence-electron chi connectivity index (χ3n) is 2.86. The third-order valence-corrected chi connectivity index (χ3v) is 2.86. The molecular weight excluding hydrogens is 266 g/mol. The molecule has 21 heavy (non-hydrogen) atoms. The minimum absolute atomic E-state index is 0.0196. The number of amides is 1. The van der Waals surface area contributed by atoms with Gasteiger partial charge >= 0.3 is 0 Å². The number of hydrogen-bond donors (Lipinski definition) is 2. The van der Waals surface area contributed by atoms with Gasteiger partial charge in [-0.2, -0.15) is 0 Å². The maximum Gasteiger partial charge on any atom is 0.256 e. The van der Waals surface area contributed by atoms with E-state index in [0.717, 1.165) is 5.56 Å². The van der Waals surface area contributed by atoms with Crippen LogP contribution in [0, 0.1) is 6.92 Å². The van der Waals surface area contributed by atoms with Gasteiger partial charge < -0.3 is 15.8 Å². The first kappa shape index (κ1) is 14.8. The van der Waals surface area contributed by atoms with Crippen LogP contribution in [0.25, 0.3) is 0 Å². The van der Waals surface area contributed by atoms with Crippen LogP contribution in [0.1, 0.15) is 29.8 Å². The lowest BCUT2D eigenvalue weighted by molar-refractivity contribution is 0.102. The summed E-state index contributed by atoms with van der Waals surface area (Å²) in [6.07, 6.45) is 1.61. The number of ether oxygens (including phenoxy) is 1. The fourth-order valence-corrected chi connectivity index (χ4v) is 1.93. The van der Waals surface area contributed by atoms with E-state index >= 15 is 0 Å². The lowest BCUT2D eigenvalue weighted by Gasteiger charge is -2.14. The molecule has 0 saturated carbocycles. The van der Waals surface area contributed by atoms with E-state index in [-0.39, 0.29) is 12.0 Å². The van der Waals surface area contributed by atoms with Crippen molar-refractivity contribution in [1.29, 1.82) is 0 Å². The van der Waals surface area contributed by atoms with Gasteiger partial charge in [0.2, 0.25) is 5.88 Å². The van der Waals surface area contributed by atoms with E-state index in [1.54, 1.807) is 36.5 Å². The van der Waals surface area contributed by atoms with Crippen molar-refractivity contribution in [2.45, 2.75) is 26.9 Å². The lowest BCUT2D eigenvalue weighted by Crippen LogP contribution is -2.16. The number of carbonyl (C=O) groups is 1. The van der Waals surface area contributed by atoms with E-state index in [2.05, 4.69) is 10.3 Å². The van der Waals surface area contributed by atoms with Gasteiger partial charge in [-0.15, -0.1) is 0 Å². The molecule has 0 radical (unpaired) electrons. The average molecular weight is 285 g/mol. The van der Waals surface area contributed by atoms with E-state index in [1.807, 2.05) is 20.8 Å². The Kier molecular flexibility index (Phi) is 4.42. The molecule has 0 fully saturated rings. The van der Waals surface area contributed by atoms with Crippen LogP contribution in [0.3, 0.4) is 0 Å². The van der Waals surface area contributed by atoms with E-state index in [0.29, 0.717) is 22.8 Å². The summed E-state index contributed by atoms with van der Waals surface area (Å²) in [5.74, 6) is 0.197. The summed E-state index contributed by atoms with van der Waals surface area (Å²) in [4.78, 5) is 16.5. The van der Waals surface area contributed by atoms with Crippen LogP contribution in [0.4, 0.5) is 11.4 Å². The maximum atomic E-state index is 12.3. The highest BCUT2D eigenvalue weighted by Crippen LogP contribution is 2.23. The summed E-state index contributed by atoms with van der Waals surface area (Å²) in [5.41, 5.74) is 8.27. The summed E-state index contributed by atoms with van der Waals surface area (Å²) in [6.45, 7) is 5.66. The lowest BCUT2D eigenvalue weighted by atomic mass is 10.1. The second-order valence-electron chi connectivity index (χ2n) is 5.05. The Balaban J connectivity index is 2.23. The largest absolute Gasteiger partial charge is 0.473 e. The summed E-state index contributed by atoms with van der Waals surface area (Å²) in [6, 6.07) is 8.69. The predicted molar refractivity (Wildman–Crippen MR) is 83.5 cm³/mol. The quantitative estimate of drug-likeness (QED) is 0.846. The Bertz CT molecular complexity index is 654. The van der Waals surface area contributed by atoms with E-state index < -0.39 is 0 Å². The first-order valence-electron chi connectivity index (χ1n) is 6.76. The normalized spacial score (nSPS) is 10.5. The maximum absolute atomic E-state index is 12.3. The van der Waals surface area contributed by atoms with Gasteiger partial charge in [0.05, 0.1) is 6.10 Å². The second kappa shape index (κ2) is 6.26. The second-order valence-corrected chi connectivity index (χ2v) is 5.05. The number of nitrogens with zero attached hydrogens (tertiary/aromatic N) is 1. The van der Waals surface area contributed by atoms with Gasteiger partial charge in [-0.25, -0.2) is 4.98 Å². The van der Waals surface area contributed by atoms with Crippen molar-refractivity contribution in [1.82, 2.24) is 4.98 Å². The molecule has 1 heterocycles. The molecule has 2 aromatic rings. The van der Waals surface area contributed by atoms with Crippen LogP contribution in [0.2, 0.25) is 0 Å². The van der Waals surface area contributed by atoms with Gasteiger partial charge in [-0.05, 0) is 56.7 Å². The monoisotopic (exact) mass is 285 g/mol. The summed E-state index contributed by atoms with van der Waals surface area (Å²) >= 11 is 0. The number of rotatable bonds is 4. The molecule has 110 valence electrons. The summed E-state index contributed by atoms with van der Waals surface area (Å²) in [5, 5.41) is 2.83. The Morgan fingerprint density at radius 2 is 2.10 bits per heavy atom. The van der Waals surface area contributed by atoms with Crippen molar-refractivity contribution in [2.24, 2.45) is 0 Å². The molecule has 0 atom stereocenters. The van der Waals surface area contributed by atoms with Gasteiger partial charge in [-0.3, -0.25) is 4.79 Å². The number of anilines is 2.